The number of aromatic nitrogens is 3. The number of benzene rings is 1. The van der Waals surface area contributed by atoms with Gasteiger partial charge in [0.1, 0.15) is 10.6 Å². The molecule has 0 spiro atoms. The van der Waals surface area contributed by atoms with Crippen molar-refractivity contribution in [2.45, 2.75) is 49.6 Å². The standard InChI is InChI=1S/C21H29N7O3S/c1-13-19(24-16-8-9-18(17(29)12-16)32(30,31)27(2)3)21-23-10-11-28(21)26-20(13)25-15-6-4-14(22)5-7-15/h8-12,14-15,24,29H,4-7,22H2,1-3H3,(H,25,26)/t14-,15+. The zero-order valence-electron chi connectivity index (χ0n) is 18.4. The van der Waals surface area contributed by atoms with E-state index in [1.54, 1.807) is 23.0 Å². The molecule has 32 heavy (non-hydrogen) atoms. The van der Waals surface area contributed by atoms with Gasteiger partial charge in [-0.2, -0.15) is 0 Å². The van der Waals surface area contributed by atoms with Gasteiger partial charge in [-0.3, -0.25) is 0 Å². The smallest absolute Gasteiger partial charge is 0.246 e. The lowest BCUT2D eigenvalue weighted by atomic mass is 9.92. The van der Waals surface area contributed by atoms with E-state index in [0.717, 1.165) is 47.1 Å². The molecule has 2 heterocycles. The molecule has 1 fully saturated rings. The molecule has 1 aliphatic carbocycles. The number of phenols is 1. The fourth-order valence-electron chi connectivity index (χ4n) is 3.92. The van der Waals surface area contributed by atoms with Gasteiger partial charge in [-0.25, -0.2) is 22.2 Å². The minimum atomic E-state index is -3.75. The predicted molar refractivity (Wildman–Crippen MR) is 124 cm³/mol. The number of anilines is 3. The van der Waals surface area contributed by atoms with E-state index in [1.807, 2.05) is 6.92 Å². The molecule has 5 N–H and O–H groups in total. The third kappa shape index (κ3) is 4.23. The van der Waals surface area contributed by atoms with Gasteiger partial charge >= 0.3 is 0 Å². The van der Waals surface area contributed by atoms with E-state index in [9.17, 15) is 13.5 Å². The lowest BCUT2D eigenvalue weighted by molar-refractivity contribution is 0.410. The Balaban J connectivity index is 1.66. The summed E-state index contributed by atoms with van der Waals surface area (Å²) in [6.45, 7) is 1.95. The van der Waals surface area contributed by atoms with Gasteiger partial charge in [-0.1, -0.05) is 0 Å². The Labute approximate surface area is 187 Å². The number of imidazole rings is 1. The normalized spacial score (nSPS) is 19.4. The number of phenolic OH excluding ortho intramolecular Hbond substituents is 1. The second-order valence-corrected chi connectivity index (χ2v) is 10.5. The van der Waals surface area contributed by atoms with Crippen LogP contribution in [0.2, 0.25) is 0 Å². The fraction of sp³-hybridized carbons (Fsp3) is 0.429. The molecule has 0 atom stereocenters. The summed E-state index contributed by atoms with van der Waals surface area (Å²) in [7, 11) is -0.905. The van der Waals surface area contributed by atoms with Crippen LogP contribution in [0.15, 0.2) is 35.5 Å². The van der Waals surface area contributed by atoms with Gasteiger partial charge in [0.15, 0.2) is 11.5 Å². The first-order chi connectivity index (χ1) is 15.2. The molecule has 1 aromatic carbocycles. The van der Waals surface area contributed by atoms with Crippen LogP contribution in [0.25, 0.3) is 5.65 Å². The number of nitrogens with one attached hydrogen (secondary N) is 2. The van der Waals surface area contributed by atoms with Gasteiger partial charge in [0.25, 0.3) is 0 Å². The van der Waals surface area contributed by atoms with Crippen LogP contribution in [0.3, 0.4) is 0 Å². The minimum absolute atomic E-state index is 0.150. The number of nitrogens with zero attached hydrogens (tertiary/aromatic N) is 4. The number of fused-ring (bicyclic) bond motifs is 1. The van der Waals surface area contributed by atoms with Crippen LogP contribution in [0.4, 0.5) is 17.2 Å². The molecule has 1 aliphatic rings. The number of hydrogen-bond acceptors (Lipinski definition) is 8. The highest BCUT2D eigenvalue weighted by Crippen LogP contribution is 2.33. The second-order valence-electron chi connectivity index (χ2n) is 8.39. The third-order valence-electron chi connectivity index (χ3n) is 5.88. The Morgan fingerprint density at radius 1 is 1.22 bits per heavy atom. The summed E-state index contributed by atoms with van der Waals surface area (Å²) in [4.78, 5) is 4.25. The fourth-order valence-corrected chi connectivity index (χ4v) is 4.88. The monoisotopic (exact) mass is 459 g/mol. The van der Waals surface area contributed by atoms with E-state index < -0.39 is 10.0 Å². The molecular weight excluding hydrogens is 430 g/mol. The zero-order valence-corrected chi connectivity index (χ0v) is 19.2. The Bertz CT molecular complexity index is 1230. The van der Waals surface area contributed by atoms with Crippen LogP contribution < -0.4 is 16.4 Å². The van der Waals surface area contributed by atoms with Gasteiger partial charge in [0, 0.05) is 55.9 Å². The van der Waals surface area contributed by atoms with Crippen molar-refractivity contribution in [3.05, 3.63) is 36.2 Å². The summed E-state index contributed by atoms with van der Waals surface area (Å²) in [6.07, 6.45) is 7.38. The summed E-state index contributed by atoms with van der Waals surface area (Å²) >= 11 is 0. The van der Waals surface area contributed by atoms with Crippen molar-refractivity contribution in [1.29, 1.82) is 0 Å². The quantitative estimate of drug-likeness (QED) is 0.441. The highest BCUT2D eigenvalue weighted by atomic mass is 32.2. The third-order valence-corrected chi connectivity index (χ3v) is 7.75. The van der Waals surface area contributed by atoms with Crippen molar-refractivity contribution in [1.82, 2.24) is 18.9 Å². The number of sulfonamides is 1. The first-order valence-corrected chi connectivity index (χ1v) is 12.0. The highest BCUT2D eigenvalue weighted by Gasteiger charge is 2.23. The molecule has 11 heteroatoms. The Morgan fingerprint density at radius 3 is 2.59 bits per heavy atom. The van der Waals surface area contributed by atoms with Crippen LogP contribution in [-0.2, 0) is 10.0 Å². The molecule has 0 saturated heterocycles. The molecule has 10 nitrogen and oxygen atoms in total. The lowest BCUT2D eigenvalue weighted by Gasteiger charge is -2.28. The molecule has 0 amide bonds. The molecular formula is C21H29N7O3S. The van der Waals surface area contributed by atoms with Gasteiger partial charge < -0.3 is 21.5 Å². The summed E-state index contributed by atoms with van der Waals surface area (Å²) < 4.78 is 27.5. The SMILES string of the molecule is Cc1c(N[C@H]2CC[C@@H](N)CC2)nn2ccnc2c1Nc1ccc(S(=O)(=O)N(C)C)c(O)c1. The summed E-state index contributed by atoms with van der Waals surface area (Å²) in [5, 5.41) is 21.9. The van der Waals surface area contributed by atoms with Crippen molar-refractivity contribution >= 4 is 32.9 Å². The average molecular weight is 460 g/mol. The van der Waals surface area contributed by atoms with Gasteiger partial charge in [0.2, 0.25) is 10.0 Å². The Kier molecular flexibility index (Phi) is 5.97. The molecule has 3 aromatic rings. The zero-order chi connectivity index (χ0) is 23.0. The van der Waals surface area contributed by atoms with Crippen LogP contribution in [0.1, 0.15) is 31.2 Å². The average Bonchev–Trinajstić information content (AvgIpc) is 3.20. The van der Waals surface area contributed by atoms with E-state index >= 15 is 0 Å². The second kappa shape index (κ2) is 8.57. The number of rotatable bonds is 6. The van der Waals surface area contributed by atoms with Gasteiger partial charge in [-0.05, 0) is 44.7 Å². The van der Waals surface area contributed by atoms with Crippen molar-refractivity contribution in [3.8, 4) is 5.75 Å². The molecule has 0 unspecified atom stereocenters. The summed E-state index contributed by atoms with van der Waals surface area (Å²) in [5.74, 6) is 0.418. The number of nitrogens with two attached hydrogens (primary N) is 1. The molecule has 172 valence electrons. The number of aromatic hydroxyl groups is 1. The molecule has 4 rings (SSSR count). The topological polar surface area (TPSA) is 138 Å². The van der Waals surface area contributed by atoms with E-state index in [2.05, 4.69) is 20.7 Å². The van der Waals surface area contributed by atoms with E-state index in [1.165, 1.54) is 26.2 Å². The van der Waals surface area contributed by atoms with Crippen LogP contribution in [0, 0.1) is 6.92 Å². The van der Waals surface area contributed by atoms with Crippen molar-refractivity contribution in [3.63, 3.8) is 0 Å². The lowest BCUT2D eigenvalue weighted by Crippen LogP contribution is -2.33. The highest BCUT2D eigenvalue weighted by molar-refractivity contribution is 7.89. The van der Waals surface area contributed by atoms with E-state index in [-0.39, 0.29) is 16.7 Å². The van der Waals surface area contributed by atoms with Crippen molar-refractivity contribution in [2.75, 3.05) is 24.7 Å². The maximum absolute atomic E-state index is 12.4. The van der Waals surface area contributed by atoms with Crippen LogP contribution >= 0.6 is 0 Å². The molecule has 0 radical (unpaired) electrons. The van der Waals surface area contributed by atoms with Crippen LogP contribution in [-0.4, -0.2) is 58.6 Å². The summed E-state index contributed by atoms with van der Waals surface area (Å²) in [6, 6.07) is 4.96. The van der Waals surface area contributed by atoms with Crippen molar-refractivity contribution < 1.29 is 13.5 Å². The van der Waals surface area contributed by atoms with E-state index in [4.69, 9.17) is 5.73 Å². The first-order valence-electron chi connectivity index (χ1n) is 10.6. The minimum Gasteiger partial charge on any atom is -0.506 e. The van der Waals surface area contributed by atoms with Gasteiger partial charge in [-0.15, -0.1) is 5.10 Å². The maximum Gasteiger partial charge on any atom is 0.246 e. The number of hydrogen-bond donors (Lipinski definition) is 4. The van der Waals surface area contributed by atoms with E-state index in [0.29, 0.717) is 17.4 Å². The van der Waals surface area contributed by atoms with Gasteiger partial charge in [0.05, 0.1) is 5.69 Å². The molecule has 0 aliphatic heterocycles. The maximum atomic E-state index is 12.4. The first kappa shape index (κ1) is 22.3. The largest absolute Gasteiger partial charge is 0.506 e. The van der Waals surface area contributed by atoms with Crippen molar-refractivity contribution in [2.24, 2.45) is 5.73 Å². The summed E-state index contributed by atoms with van der Waals surface area (Å²) in [5.41, 5.74) is 8.80. The molecule has 1 saturated carbocycles. The molecule has 2 aromatic heterocycles. The predicted octanol–water partition coefficient (Wildman–Crippen LogP) is 2.42. The molecule has 0 bridgehead atoms. The van der Waals surface area contributed by atoms with Crippen LogP contribution in [0.5, 0.6) is 5.75 Å². The Morgan fingerprint density at radius 2 is 1.94 bits per heavy atom. The Hall–Kier alpha value is -2.89.